The molecule has 1 saturated heterocycles. The summed E-state index contributed by atoms with van der Waals surface area (Å²) in [5, 5.41) is 7.58. The Labute approximate surface area is 182 Å². The third-order valence-electron chi connectivity index (χ3n) is 5.65. The molecule has 0 radical (unpaired) electrons. The lowest BCUT2D eigenvalue weighted by Crippen LogP contribution is -2.26. The van der Waals surface area contributed by atoms with E-state index < -0.39 is 10.0 Å². The molecular formula is C23H26N4O3S. The monoisotopic (exact) mass is 438 g/mol. The first kappa shape index (κ1) is 21.1. The molecule has 2 aromatic carbocycles. The van der Waals surface area contributed by atoms with Crippen LogP contribution in [0.15, 0.2) is 54.6 Å². The highest BCUT2D eigenvalue weighted by Gasteiger charge is 2.28. The fraction of sp³-hybridized carbons (Fsp3) is 0.304. The minimum absolute atomic E-state index is 0.173. The van der Waals surface area contributed by atoms with Crippen LogP contribution in [0.3, 0.4) is 0 Å². The first-order valence-corrected chi connectivity index (χ1v) is 11.9. The van der Waals surface area contributed by atoms with Gasteiger partial charge in [-0.05, 0) is 50.1 Å². The van der Waals surface area contributed by atoms with Crippen LogP contribution in [-0.4, -0.2) is 36.4 Å². The average Bonchev–Trinajstić information content (AvgIpc) is 3.25. The molecule has 0 aliphatic carbocycles. The van der Waals surface area contributed by atoms with E-state index in [2.05, 4.69) is 22.5 Å². The lowest BCUT2D eigenvalue weighted by atomic mass is 10.1. The molecule has 0 unspecified atom stereocenters. The summed E-state index contributed by atoms with van der Waals surface area (Å²) < 4.78 is 27.5. The second-order valence-electron chi connectivity index (χ2n) is 7.76. The average molecular weight is 439 g/mol. The molecule has 0 saturated carbocycles. The third-order valence-corrected chi connectivity index (χ3v) is 7.52. The Kier molecular flexibility index (Phi) is 5.82. The molecule has 1 aliphatic rings. The van der Waals surface area contributed by atoms with Crippen molar-refractivity contribution >= 4 is 21.6 Å². The number of rotatable bonds is 6. The van der Waals surface area contributed by atoms with Gasteiger partial charge in [-0.1, -0.05) is 30.3 Å². The second-order valence-corrected chi connectivity index (χ2v) is 9.78. The van der Waals surface area contributed by atoms with Crippen LogP contribution in [0.4, 0.5) is 5.69 Å². The van der Waals surface area contributed by atoms with E-state index in [1.165, 1.54) is 9.87 Å². The first-order chi connectivity index (χ1) is 14.8. The van der Waals surface area contributed by atoms with Crippen LogP contribution in [-0.2, 0) is 23.1 Å². The van der Waals surface area contributed by atoms with Crippen molar-refractivity contribution in [1.29, 1.82) is 0 Å². The summed E-state index contributed by atoms with van der Waals surface area (Å²) in [6.45, 7) is 5.51. The summed E-state index contributed by atoms with van der Waals surface area (Å²) >= 11 is 0. The van der Waals surface area contributed by atoms with E-state index in [4.69, 9.17) is 0 Å². The molecular weight excluding hydrogens is 412 g/mol. The van der Waals surface area contributed by atoms with Crippen molar-refractivity contribution in [3.8, 4) is 0 Å². The normalized spacial score (nSPS) is 15.2. The molecule has 1 aromatic heterocycles. The number of benzene rings is 2. The van der Waals surface area contributed by atoms with Gasteiger partial charge in [-0.2, -0.15) is 5.10 Å². The Balaban J connectivity index is 1.42. The van der Waals surface area contributed by atoms with Gasteiger partial charge >= 0.3 is 0 Å². The predicted octanol–water partition coefficient (Wildman–Crippen LogP) is 3.02. The Morgan fingerprint density at radius 3 is 2.42 bits per heavy atom. The van der Waals surface area contributed by atoms with Crippen molar-refractivity contribution in [1.82, 2.24) is 15.1 Å². The van der Waals surface area contributed by atoms with Crippen molar-refractivity contribution in [2.45, 2.75) is 33.4 Å². The van der Waals surface area contributed by atoms with Crippen LogP contribution in [0.5, 0.6) is 0 Å². The number of hydrogen-bond donors (Lipinski definition) is 1. The zero-order chi connectivity index (χ0) is 22.0. The van der Waals surface area contributed by atoms with Crippen molar-refractivity contribution in [2.75, 3.05) is 16.6 Å². The number of carbonyl (C=O) groups is 1. The largest absolute Gasteiger partial charge is 0.348 e. The standard InChI is InChI=1S/C23H26N4O3S/c1-17-22(18(2)26(25-17)16-19-7-4-3-5-8-19)15-24-23(28)20-9-11-21(12-10-20)27-13-6-14-31(27,29)30/h3-5,7-12H,6,13-16H2,1-2H3,(H,24,28). The summed E-state index contributed by atoms with van der Waals surface area (Å²) in [5.74, 6) is -0.0308. The van der Waals surface area contributed by atoms with Gasteiger partial charge in [0.25, 0.3) is 5.91 Å². The number of hydrogen-bond acceptors (Lipinski definition) is 4. The number of nitrogens with zero attached hydrogens (tertiary/aromatic N) is 3. The highest BCUT2D eigenvalue weighted by molar-refractivity contribution is 7.93. The minimum atomic E-state index is -3.23. The van der Waals surface area contributed by atoms with Crippen LogP contribution < -0.4 is 9.62 Å². The van der Waals surface area contributed by atoms with E-state index in [-0.39, 0.29) is 11.7 Å². The maximum absolute atomic E-state index is 12.6. The molecule has 1 fully saturated rings. The van der Waals surface area contributed by atoms with Gasteiger partial charge in [-0.3, -0.25) is 13.8 Å². The van der Waals surface area contributed by atoms with Crippen molar-refractivity contribution in [3.63, 3.8) is 0 Å². The van der Waals surface area contributed by atoms with E-state index in [1.54, 1.807) is 24.3 Å². The Bertz CT molecular complexity index is 1190. The third kappa shape index (κ3) is 4.49. The molecule has 1 N–H and O–H groups in total. The highest BCUT2D eigenvalue weighted by atomic mass is 32.2. The van der Waals surface area contributed by atoms with Gasteiger partial charge in [-0.25, -0.2) is 8.42 Å². The summed E-state index contributed by atoms with van der Waals surface area (Å²) in [6, 6.07) is 16.8. The number of anilines is 1. The summed E-state index contributed by atoms with van der Waals surface area (Å²) in [5.41, 5.74) is 5.18. The summed E-state index contributed by atoms with van der Waals surface area (Å²) in [7, 11) is -3.23. The number of sulfonamides is 1. The Morgan fingerprint density at radius 2 is 1.77 bits per heavy atom. The van der Waals surface area contributed by atoms with Crippen LogP contribution in [0.2, 0.25) is 0 Å². The summed E-state index contributed by atoms with van der Waals surface area (Å²) in [4.78, 5) is 12.6. The maximum atomic E-state index is 12.6. The van der Waals surface area contributed by atoms with E-state index in [0.29, 0.717) is 37.3 Å². The van der Waals surface area contributed by atoms with Gasteiger partial charge in [0.15, 0.2) is 0 Å². The number of carbonyl (C=O) groups excluding carboxylic acids is 1. The molecule has 0 spiro atoms. The van der Waals surface area contributed by atoms with Gasteiger partial charge in [0, 0.05) is 29.9 Å². The quantitative estimate of drug-likeness (QED) is 0.641. The van der Waals surface area contributed by atoms with Gasteiger partial charge < -0.3 is 5.32 Å². The van der Waals surface area contributed by atoms with E-state index in [9.17, 15) is 13.2 Å². The second kappa shape index (κ2) is 8.55. The minimum Gasteiger partial charge on any atom is -0.348 e. The number of nitrogens with one attached hydrogen (secondary N) is 1. The molecule has 0 bridgehead atoms. The van der Waals surface area contributed by atoms with Crippen LogP contribution >= 0.6 is 0 Å². The van der Waals surface area contributed by atoms with E-state index >= 15 is 0 Å². The van der Waals surface area contributed by atoms with Crippen LogP contribution in [0.25, 0.3) is 0 Å². The highest BCUT2D eigenvalue weighted by Crippen LogP contribution is 2.24. The fourth-order valence-corrected chi connectivity index (χ4v) is 5.44. The molecule has 2 heterocycles. The Morgan fingerprint density at radius 1 is 1.06 bits per heavy atom. The lowest BCUT2D eigenvalue weighted by molar-refractivity contribution is 0.0951. The predicted molar refractivity (Wildman–Crippen MR) is 121 cm³/mol. The molecule has 4 rings (SSSR count). The zero-order valence-electron chi connectivity index (χ0n) is 17.7. The lowest BCUT2D eigenvalue weighted by Gasteiger charge is -2.17. The number of amides is 1. The first-order valence-electron chi connectivity index (χ1n) is 10.3. The fourth-order valence-electron chi connectivity index (χ4n) is 3.88. The topological polar surface area (TPSA) is 84.3 Å². The molecule has 0 atom stereocenters. The molecule has 1 aliphatic heterocycles. The molecule has 3 aromatic rings. The van der Waals surface area contributed by atoms with E-state index in [0.717, 1.165) is 17.0 Å². The zero-order valence-corrected chi connectivity index (χ0v) is 18.5. The summed E-state index contributed by atoms with van der Waals surface area (Å²) in [6.07, 6.45) is 0.626. The number of aryl methyl sites for hydroxylation is 1. The van der Waals surface area contributed by atoms with Crippen molar-refractivity contribution in [3.05, 3.63) is 82.7 Å². The molecule has 162 valence electrons. The Hall–Kier alpha value is -3.13. The van der Waals surface area contributed by atoms with Gasteiger partial charge in [0.05, 0.1) is 23.7 Å². The van der Waals surface area contributed by atoms with Gasteiger partial charge in [0.1, 0.15) is 0 Å². The van der Waals surface area contributed by atoms with Gasteiger partial charge in [-0.15, -0.1) is 0 Å². The smallest absolute Gasteiger partial charge is 0.251 e. The molecule has 8 heteroatoms. The SMILES string of the molecule is Cc1nn(Cc2ccccc2)c(C)c1CNC(=O)c1ccc(N2CCCS2(=O)=O)cc1. The van der Waals surface area contributed by atoms with E-state index in [1.807, 2.05) is 36.7 Å². The van der Waals surface area contributed by atoms with Crippen molar-refractivity contribution < 1.29 is 13.2 Å². The van der Waals surface area contributed by atoms with Crippen LogP contribution in [0.1, 0.15) is 39.3 Å². The van der Waals surface area contributed by atoms with Crippen LogP contribution in [0, 0.1) is 13.8 Å². The molecule has 7 nitrogen and oxygen atoms in total. The maximum Gasteiger partial charge on any atom is 0.251 e. The molecule has 1 amide bonds. The number of aromatic nitrogens is 2. The van der Waals surface area contributed by atoms with Gasteiger partial charge in [0.2, 0.25) is 10.0 Å². The van der Waals surface area contributed by atoms with Crippen molar-refractivity contribution in [2.24, 2.45) is 0 Å². The molecule has 31 heavy (non-hydrogen) atoms.